The van der Waals surface area contributed by atoms with Crippen molar-refractivity contribution in [2.75, 3.05) is 19.0 Å². The van der Waals surface area contributed by atoms with Gasteiger partial charge < -0.3 is 10.1 Å². The highest BCUT2D eigenvalue weighted by Gasteiger charge is 2.31. The Bertz CT molecular complexity index is 358. The summed E-state index contributed by atoms with van der Waals surface area (Å²) >= 11 is 0. The van der Waals surface area contributed by atoms with E-state index in [1.807, 2.05) is 0 Å². The van der Waals surface area contributed by atoms with Crippen LogP contribution >= 0.6 is 0 Å². The third kappa shape index (κ3) is 2.76. The van der Waals surface area contributed by atoms with Gasteiger partial charge in [-0.1, -0.05) is 17.7 Å². The van der Waals surface area contributed by atoms with Crippen LogP contribution in [0.3, 0.4) is 0 Å². The highest BCUT2D eigenvalue weighted by atomic mass is 16.5. The molecule has 0 bridgehead atoms. The second kappa shape index (κ2) is 4.88. The van der Waals surface area contributed by atoms with E-state index < -0.39 is 0 Å². The van der Waals surface area contributed by atoms with Gasteiger partial charge in [-0.2, -0.15) is 0 Å². The molecule has 1 aliphatic rings. The minimum absolute atomic E-state index is 0.478. The lowest BCUT2D eigenvalue weighted by Crippen LogP contribution is -2.27. The highest BCUT2D eigenvalue weighted by Crippen LogP contribution is 2.34. The average Bonchev–Trinajstić information content (AvgIpc) is 3.04. The van der Waals surface area contributed by atoms with E-state index in [1.54, 1.807) is 7.11 Å². The van der Waals surface area contributed by atoms with Crippen molar-refractivity contribution in [1.29, 1.82) is 0 Å². The lowest BCUT2D eigenvalue weighted by Gasteiger charge is -2.20. The zero-order chi connectivity index (χ0) is 11.5. The minimum atomic E-state index is 0.478. The Kier molecular flexibility index (Phi) is 3.49. The van der Waals surface area contributed by atoms with Crippen LogP contribution in [0.2, 0.25) is 0 Å². The van der Waals surface area contributed by atoms with Gasteiger partial charge in [0.15, 0.2) is 0 Å². The molecule has 2 nitrogen and oxygen atoms in total. The van der Waals surface area contributed by atoms with Crippen LogP contribution in [0.4, 0.5) is 5.69 Å². The van der Waals surface area contributed by atoms with Crippen LogP contribution in [0.15, 0.2) is 18.2 Å². The maximum absolute atomic E-state index is 5.28. The first-order valence-electron chi connectivity index (χ1n) is 6.03. The number of aryl methyl sites for hydroxylation is 2. The largest absolute Gasteiger partial charge is 0.383 e. The second-order valence-corrected chi connectivity index (χ2v) is 4.86. The molecule has 0 amide bonds. The molecule has 0 aromatic heterocycles. The van der Waals surface area contributed by atoms with Crippen LogP contribution in [0.1, 0.15) is 24.0 Å². The number of rotatable bonds is 5. The Balaban J connectivity index is 2.05. The smallest absolute Gasteiger partial charge is 0.0666 e. The summed E-state index contributed by atoms with van der Waals surface area (Å²) < 4.78 is 5.28. The van der Waals surface area contributed by atoms with Crippen molar-refractivity contribution < 1.29 is 4.74 Å². The summed E-state index contributed by atoms with van der Waals surface area (Å²) in [6.07, 6.45) is 2.68. The molecular formula is C14H21NO. The molecule has 0 radical (unpaired) electrons. The number of hydrogen-bond donors (Lipinski definition) is 1. The third-order valence-corrected chi connectivity index (χ3v) is 3.26. The lowest BCUT2D eigenvalue weighted by atomic mass is 10.1. The van der Waals surface area contributed by atoms with Crippen molar-refractivity contribution >= 4 is 5.69 Å². The molecule has 1 fully saturated rings. The molecular weight excluding hydrogens is 198 g/mol. The molecule has 1 aromatic rings. The molecule has 2 rings (SSSR count). The molecule has 1 saturated carbocycles. The summed E-state index contributed by atoms with van der Waals surface area (Å²) in [5.41, 5.74) is 3.89. The summed E-state index contributed by atoms with van der Waals surface area (Å²) in [6, 6.07) is 7.03. The van der Waals surface area contributed by atoms with Crippen LogP contribution < -0.4 is 5.32 Å². The predicted molar refractivity (Wildman–Crippen MR) is 67.9 cm³/mol. The summed E-state index contributed by atoms with van der Waals surface area (Å²) in [7, 11) is 1.78. The van der Waals surface area contributed by atoms with Crippen molar-refractivity contribution in [3.8, 4) is 0 Å². The van der Waals surface area contributed by atoms with Gasteiger partial charge in [-0.3, -0.25) is 0 Å². The zero-order valence-electron chi connectivity index (χ0n) is 10.4. The number of benzene rings is 1. The van der Waals surface area contributed by atoms with E-state index in [4.69, 9.17) is 4.74 Å². The summed E-state index contributed by atoms with van der Waals surface area (Å²) in [6.45, 7) is 5.09. The molecule has 0 spiro atoms. The first kappa shape index (κ1) is 11.5. The monoisotopic (exact) mass is 219 g/mol. The SMILES string of the molecule is COCC(Nc1ccc(C)cc1C)C1CC1. The van der Waals surface area contributed by atoms with E-state index in [0.29, 0.717) is 6.04 Å². The molecule has 1 aliphatic carbocycles. The van der Waals surface area contributed by atoms with Gasteiger partial charge in [-0.15, -0.1) is 0 Å². The van der Waals surface area contributed by atoms with E-state index in [1.165, 1.54) is 29.7 Å². The fourth-order valence-corrected chi connectivity index (χ4v) is 2.15. The van der Waals surface area contributed by atoms with Gasteiger partial charge in [-0.05, 0) is 44.2 Å². The quantitative estimate of drug-likeness (QED) is 0.821. The van der Waals surface area contributed by atoms with Crippen molar-refractivity contribution in [3.63, 3.8) is 0 Å². The molecule has 1 aromatic carbocycles. The van der Waals surface area contributed by atoms with Gasteiger partial charge in [0.05, 0.1) is 12.6 Å². The standard InChI is InChI=1S/C14H21NO/c1-10-4-7-13(11(2)8-10)15-14(9-16-3)12-5-6-12/h4,7-8,12,14-15H,5-6,9H2,1-3H3. The predicted octanol–water partition coefficient (Wildman–Crippen LogP) is 3.14. The molecule has 88 valence electrons. The molecule has 16 heavy (non-hydrogen) atoms. The van der Waals surface area contributed by atoms with Gasteiger partial charge in [0.25, 0.3) is 0 Å². The molecule has 1 N–H and O–H groups in total. The molecule has 0 aliphatic heterocycles. The number of anilines is 1. The number of nitrogens with one attached hydrogen (secondary N) is 1. The van der Waals surface area contributed by atoms with Crippen molar-refractivity contribution in [3.05, 3.63) is 29.3 Å². The van der Waals surface area contributed by atoms with Gasteiger partial charge >= 0.3 is 0 Å². The van der Waals surface area contributed by atoms with Crippen LogP contribution in [-0.2, 0) is 4.74 Å². The fourth-order valence-electron chi connectivity index (χ4n) is 2.15. The Hall–Kier alpha value is -1.02. The van der Waals surface area contributed by atoms with E-state index in [-0.39, 0.29) is 0 Å². The van der Waals surface area contributed by atoms with Gasteiger partial charge in [0.2, 0.25) is 0 Å². The number of methoxy groups -OCH3 is 1. The van der Waals surface area contributed by atoms with E-state index in [9.17, 15) is 0 Å². The first-order chi connectivity index (χ1) is 7.70. The van der Waals surface area contributed by atoms with Crippen molar-refractivity contribution in [2.24, 2.45) is 5.92 Å². The highest BCUT2D eigenvalue weighted by molar-refractivity contribution is 5.52. The molecule has 0 saturated heterocycles. The molecule has 2 heteroatoms. The van der Waals surface area contributed by atoms with E-state index in [2.05, 4.69) is 37.4 Å². The fraction of sp³-hybridized carbons (Fsp3) is 0.571. The molecule has 1 unspecified atom stereocenters. The van der Waals surface area contributed by atoms with Crippen LogP contribution in [-0.4, -0.2) is 19.8 Å². The summed E-state index contributed by atoms with van der Waals surface area (Å²) in [5, 5.41) is 3.61. The lowest BCUT2D eigenvalue weighted by molar-refractivity contribution is 0.179. The van der Waals surface area contributed by atoms with Crippen LogP contribution in [0.5, 0.6) is 0 Å². The maximum atomic E-state index is 5.28. The second-order valence-electron chi connectivity index (χ2n) is 4.86. The van der Waals surface area contributed by atoms with Crippen molar-refractivity contribution in [1.82, 2.24) is 0 Å². The zero-order valence-corrected chi connectivity index (χ0v) is 10.4. The minimum Gasteiger partial charge on any atom is -0.383 e. The Morgan fingerprint density at radius 2 is 2.12 bits per heavy atom. The Labute approximate surface area is 98.0 Å². The Morgan fingerprint density at radius 3 is 2.69 bits per heavy atom. The number of ether oxygens (including phenoxy) is 1. The Morgan fingerprint density at radius 1 is 1.38 bits per heavy atom. The average molecular weight is 219 g/mol. The van der Waals surface area contributed by atoms with Gasteiger partial charge in [0.1, 0.15) is 0 Å². The maximum Gasteiger partial charge on any atom is 0.0666 e. The topological polar surface area (TPSA) is 21.3 Å². The van der Waals surface area contributed by atoms with Crippen molar-refractivity contribution in [2.45, 2.75) is 32.7 Å². The van der Waals surface area contributed by atoms with Gasteiger partial charge in [-0.25, -0.2) is 0 Å². The third-order valence-electron chi connectivity index (χ3n) is 3.26. The normalized spacial score (nSPS) is 17.2. The molecule has 0 heterocycles. The summed E-state index contributed by atoms with van der Waals surface area (Å²) in [4.78, 5) is 0. The number of hydrogen-bond acceptors (Lipinski definition) is 2. The van der Waals surface area contributed by atoms with Crippen LogP contribution in [0, 0.1) is 19.8 Å². The summed E-state index contributed by atoms with van der Waals surface area (Å²) in [5.74, 6) is 0.806. The van der Waals surface area contributed by atoms with Gasteiger partial charge in [0, 0.05) is 12.8 Å². The van der Waals surface area contributed by atoms with E-state index >= 15 is 0 Å². The van der Waals surface area contributed by atoms with E-state index in [0.717, 1.165) is 12.5 Å². The first-order valence-corrected chi connectivity index (χ1v) is 6.03. The van der Waals surface area contributed by atoms with Crippen LogP contribution in [0.25, 0.3) is 0 Å². The molecule has 1 atom stereocenters.